The molecule has 1 aliphatic rings. The van der Waals surface area contributed by atoms with Gasteiger partial charge in [0.25, 0.3) is 0 Å². The third-order valence-corrected chi connectivity index (χ3v) is 12.5. The summed E-state index contributed by atoms with van der Waals surface area (Å²) in [4.78, 5) is 16.4. The molecule has 1 aromatic rings. The summed E-state index contributed by atoms with van der Waals surface area (Å²) >= 11 is 0. The lowest BCUT2D eigenvalue weighted by Crippen LogP contribution is -2.57. The number of carbonyl (C=O) groups excluding carboxylic acids is 1. The van der Waals surface area contributed by atoms with Crippen LogP contribution >= 0.6 is 0 Å². The number of methoxy groups -OCH3 is 1. The fourth-order valence-electron chi connectivity index (χ4n) is 4.78. The van der Waals surface area contributed by atoms with Crippen molar-refractivity contribution in [1.29, 1.82) is 0 Å². The SMILES string of the molecule is CCOc1ccc(/C=C/C=C/C[C@@H]2OC(C)(C)O[C@H]2[C@@H](NC(=O)C[C@H](CN=[N+]=[N-])O[Si](C)(C)C(C)(C)C)[C@@H](CO)OCOC)cc1. The first-order valence-corrected chi connectivity index (χ1v) is 18.7. The molecule has 12 nitrogen and oxygen atoms in total. The number of hydrogen-bond acceptors (Lipinski definition) is 9. The lowest BCUT2D eigenvalue weighted by molar-refractivity contribution is -0.161. The molecular formula is C33H54N4O8Si. The fraction of sp³-hybridized carbons (Fsp3) is 0.667. The highest BCUT2D eigenvalue weighted by Crippen LogP contribution is 2.38. The molecule has 0 saturated carbocycles. The van der Waals surface area contributed by atoms with Crippen LogP contribution in [-0.2, 0) is 28.2 Å². The van der Waals surface area contributed by atoms with Crippen molar-refractivity contribution in [3.63, 3.8) is 0 Å². The maximum atomic E-state index is 13.6. The highest BCUT2D eigenvalue weighted by atomic mass is 28.4. The number of allylic oxidation sites excluding steroid dienone is 2. The van der Waals surface area contributed by atoms with Gasteiger partial charge in [-0.15, -0.1) is 0 Å². The molecule has 13 heteroatoms. The van der Waals surface area contributed by atoms with E-state index in [9.17, 15) is 9.90 Å². The Kier molecular flexibility index (Phi) is 15.9. The number of nitrogens with zero attached hydrogens (tertiary/aromatic N) is 3. The summed E-state index contributed by atoms with van der Waals surface area (Å²) in [5.74, 6) is -0.475. The van der Waals surface area contributed by atoms with E-state index in [0.29, 0.717) is 13.0 Å². The molecule has 2 N–H and O–H groups in total. The maximum Gasteiger partial charge on any atom is 0.222 e. The first kappa shape index (κ1) is 39.4. The topological polar surface area (TPSA) is 153 Å². The summed E-state index contributed by atoms with van der Waals surface area (Å²) in [7, 11) is -0.805. The van der Waals surface area contributed by atoms with E-state index in [1.807, 2.05) is 55.5 Å². The van der Waals surface area contributed by atoms with Crippen molar-refractivity contribution in [2.45, 2.75) is 109 Å². The van der Waals surface area contributed by atoms with Crippen LogP contribution in [0, 0.1) is 0 Å². The minimum atomic E-state index is -2.28. The molecule has 258 valence electrons. The summed E-state index contributed by atoms with van der Waals surface area (Å²) in [5.41, 5.74) is 10.00. The molecule has 0 aromatic heterocycles. The largest absolute Gasteiger partial charge is 0.494 e. The van der Waals surface area contributed by atoms with E-state index in [-0.39, 0.29) is 30.7 Å². The van der Waals surface area contributed by atoms with Gasteiger partial charge in [-0.3, -0.25) is 4.79 Å². The van der Waals surface area contributed by atoms with Crippen LogP contribution in [-0.4, -0.2) is 89.2 Å². The molecule has 0 bridgehead atoms. The Balaban J connectivity index is 2.24. The first-order chi connectivity index (χ1) is 21.7. The summed E-state index contributed by atoms with van der Waals surface area (Å²) < 4.78 is 35.4. The van der Waals surface area contributed by atoms with Gasteiger partial charge < -0.3 is 38.5 Å². The van der Waals surface area contributed by atoms with Crippen LogP contribution in [0.25, 0.3) is 16.5 Å². The molecule has 0 radical (unpaired) electrons. The maximum absolute atomic E-state index is 13.6. The van der Waals surface area contributed by atoms with E-state index in [1.165, 1.54) is 7.11 Å². The lowest BCUT2D eigenvalue weighted by Gasteiger charge is -2.39. The van der Waals surface area contributed by atoms with Gasteiger partial charge in [0.05, 0.1) is 44.4 Å². The van der Waals surface area contributed by atoms with Crippen molar-refractivity contribution in [2.75, 3.05) is 33.7 Å². The number of hydrogen-bond donors (Lipinski definition) is 2. The molecule has 2 rings (SSSR count). The molecule has 1 heterocycles. The van der Waals surface area contributed by atoms with E-state index in [4.69, 9.17) is 33.6 Å². The molecule has 1 aromatic carbocycles. The third kappa shape index (κ3) is 12.8. The molecule has 0 aliphatic carbocycles. The minimum Gasteiger partial charge on any atom is -0.494 e. The number of rotatable bonds is 19. The minimum absolute atomic E-state index is 0.0123. The average Bonchev–Trinajstić information content (AvgIpc) is 3.29. The summed E-state index contributed by atoms with van der Waals surface area (Å²) in [6.07, 6.45) is 5.66. The van der Waals surface area contributed by atoms with E-state index in [0.717, 1.165) is 11.3 Å². The Morgan fingerprint density at radius 2 is 1.91 bits per heavy atom. The number of ether oxygens (including phenoxy) is 5. The Bertz CT molecular complexity index is 1180. The van der Waals surface area contributed by atoms with Crippen molar-refractivity contribution in [1.82, 2.24) is 5.32 Å². The smallest absolute Gasteiger partial charge is 0.222 e. The van der Waals surface area contributed by atoms with Crippen LogP contribution in [0.3, 0.4) is 0 Å². The molecule has 46 heavy (non-hydrogen) atoms. The average molecular weight is 663 g/mol. The quantitative estimate of drug-likeness (QED) is 0.0449. The lowest BCUT2D eigenvalue weighted by atomic mass is 9.97. The zero-order valence-electron chi connectivity index (χ0n) is 28.9. The van der Waals surface area contributed by atoms with E-state index < -0.39 is 51.2 Å². The number of aliphatic hydroxyl groups excluding tert-OH is 1. The van der Waals surface area contributed by atoms with Crippen molar-refractivity contribution in [3.05, 3.63) is 58.5 Å². The van der Waals surface area contributed by atoms with E-state index in [2.05, 4.69) is 49.2 Å². The number of amides is 1. The number of nitrogens with one attached hydrogen (secondary N) is 1. The van der Waals surface area contributed by atoms with Crippen LogP contribution in [0.15, 0.2) is 47.6 Å². The highest BCUT2D eigenvalue weighted by molar-refractivity contribution is 6.74. The molecule has 1 fully saturated rings. The van der Waals surface area contributed by atoms with Gasteiger partial charge in [-0.05, 0) is 68.6 Å². The molecule has 1 amide bonds. The number of azide groups is 1. The van der Waals surface area contributed by atoms with Gasteiger partial charge in [-0.1, -0.05) is 62.3 Å². The van der Waals surface area contributed by atoms with Gasteiger partial charge in [-0.2, -0.15) is 0 Å². The molecule has 5 atom stereocenters. The second-order valence-corrected chi connectivity index (χ2v) is 17.9. The van der Waals surface area contributed by atoms with Gasteiger partial charge in [-0.25, -0.2) is 0 Å². The van der Waals surface area contributed by atoms with Crippen LogP contribution in [0.2, 0.25) is 18.1 Å². The van der Waals surface area contributed by atoms with Crippen LogP contribution < -0.4 is 10.1 Å². The van der Waals surface area contributed by atoms with Gasteiger partial charge in [0.1, 0.15) is 24.8 Å². The van der Waals surface area contributed by atoms with Gasteiger partial charge >= 0.3 is 0 Å². The molecular weight excluding hydrogens is 608 g/mol. The summed E-state index contributed by atoms with van der Waals surface area (Å²) in [5, 5.41) is 16.9. The molecule has 0 spiro atoms. The zero-order valence-corrected chi connectivity index (χ0v) is 29.9. The second kappa shape index (κ2) is 18.6. The van der Waals surface area contributed by atoms with Crippen LogP contribution in [0.5, 0.6) is 5.75 Å². The Hall–Kier alpha value is -2.74. The predicted molar refractivity (Wildman–Crippen MR) is 181 cm³/mol. The third-order valence-electron chi connectivity index (χ3n) is 8.01. The van der Waals surface area contributed by atoms with Gasteiger partial charge in [0.2, 0.25) is 5.91 Å². The fourth-order valence-corrected chi connectivity index (χ4v) is 6.12. The van der Waals surface area contributed by atoms with Crippen LogP contribution in [0.1, 0.15) is 59.9 Å². The normalized spacial score (nSPS) is 20.4. The van der Waals surface area contributed by atoms with E-state index >= 15 is 0 Å². The number of aliphatic hydroxyl groups is 1. The van der Waals surface area contributed by atoms with Crippen molar-refractivity contribution in [2.24, 2.45) is 5.11 Å². The monoisotopic (exact) mass is 662 g/mol. The zero-order chi connectivity index (χ0) is 34.4. The van der Waals surface area contributed by atoms with Crippen molar-refractivity contribution in [3.8, 4) is 5.75 Å². The Morgan fingerprint density at radius 3 is 2.50 bits per heavy atom. The number of benzene rings is 1. The second-order valence-electron chi connectivity index (χ2n) is 13.2. The first-order valence-electron chi connectivity index (χ1n) is 15.8. The summed E-state index contributed by atoms with van der Waals surface area (Å²) in [6.45, 7) is 16.2. The Labute approximate surface area is 275 Å². The number of carbonyl (C=O) groups is 1. The summed E-state index contributed by atoms with van der Waals surface area (Å²) in [6, 6.07) is 7.04. The molecule has 1 aliphatic heterocycles. The van der Waals surface area contributed by atoms with E-state index in [1.54, 1.807) is 13.8 Å². The molecule has 0 unspecified atom stereocenters. The van der Waals surface area contributed by atoms with Crippen LogP contribution in [0.4, 0.5) is 0 Å². The Morgan fingerprint density at radius 1 is 1.22 bits per heavy atom. The van der Waals surface area contributed by atoms with Crippen molar-refractivity contribution >= 4 is 20.3 Å². The van der Waals surface area contributed by atoms with Crippen molar-refractivity contribution < 1.29 is 38.0 Å². The standard InChI is InChI=1S/C33H54N4O8Si/c1-10-41-25-18-16-24(17-19-25)14-12-11-13-15-27-31(44-33(5,6)43-27)30(28(22-38)42-23-40-7)36-29(39)20-26(21-35-37-34)45-46(8,9)32(2,3)4/h11-14,16-19,26-28,30-31,38H,10,15,20-23H2,1-9H3,(H,36,39)/b13-11+,14-12+/t26-,27+,28-,30+,31-/m1/s1. The highest BCUT2D eigenvalue weighted by Gasteiger charge is 2.48. The molecule has 1 saturated heterocycles. The predicted octanol–water partition coefficient (Wildman–Crippen LogP) is 6.12. The van der Waals surface area contributed by atoms with Gasteiger partial charge in [0, 0.05) is 12.0 Å². The van der Waals surface area contributed by atoms with Gasteiger partial charge in [0.15, 0.2) is 14.1 Å².